The first-order chi connectivity index (χ1) is 45.5. The molecule has 2 aliphatic carbocycles. The Morgan fingerprint density at radius 1 is 0.351 bits per heavy atom. The summed E-state index contributed by atoms with van der Waals surface area (Å²) in [6.45, 7) is 34.5. The number of hydrogen-bond donors (Lipinski definition) is 0. The van der Waals surface area contributed by atoms with Crippen LogP contribution in [0.15, 0.2) is 152 Å². The molecule has 6 aromatic rings. The summed E-state index contributed by atoms with van der Waals surface area (Å²) >= 11 is 0. The quantitative estimate of drug-likeness (QED) is 0.0371. The van der Waals surface area contributed by atoms with E-state index in [4.69, 9.17) is 47.4 Å². The van der Waals surface area contributed by atoms with Gasteiger partial charge in [0.05, 0.1) is 19.3 Å². The van der Waals surface area contributed by atoms with Crippen molar-refractivity contribution in [2.45, 2.75) is 274 Å². The number of methoxy groups -OCH3 is 1. The Labute approximate surface area is 571 Å². The van der Waals surface area contributed by atoms with Gasteiger partial charge in [0.1, 0.15) is 28.7 Å². The summed E-state index contributed by atoms with van der Waals surface area (Å²) in [5.74, 6) is 8.30. The highest BCUT2D eigenvalue weighted by atomic mass is 16.7. The third kappa shape index (κ3) is 33.2. The van der Waals surface area contributed by atoms with E-state index in [1.54, 1.807) is 7.11 Å². The molecule has 0 saturated heterocycles. The van der Waals surface area contributed by atoms with Crippen LogP contribution >= 0.6 is 0 Å². The fourth-order valence-electron chi connectivity index (χ4n) is 11.2. The average Bonchev–Trinajstić information content (AvgIpc) is 1.71. The molecule has 0 amide bonds. The van der Waals surface area contributed by atoms with E-state index in [-0.39, 0.29) is 25.2 Å². The predicted octanol–water partition coefficient (Wildman–Crippen LogP) is 23.5. The predicted molar refractivity (Wildman–Crippen MR) is 391 cm³/mol. The van der Waals surface area contributed by atoms with Gasteiger partial charge in [-0.3, -0.25) is 0 Å². The summed E-state index contributed by atoms with van der Waals surface area (Å²) in [5, 5.41) is 0. The molecular formula is C84H126O10. The third-order valence-corrected chi connectivity index (χ3v) is 18.4. The Morgan fingerprint density at radius 2 is 0.681 bits per heavy atom. The van der Waals surface area contributed by atoms with E-state index in [0.29, 0.717) is 55.7 Å². The molecule has 2 fully saturated rings. The van der Waals surface area contributed by atoms with Crippen LogP contribution in [0.1, 0.15) is 270 Å². The van der Waals surface area contributed by atoms with Crippen molar-refractivity contribution in [1.82, 2.24) is 0 Å². The lowest BCUT2D eigenvalue weighted by Gasteiger charge is -2.26. The van der Waals surface area contributed by atoms with Crippen molar-refractivity contribution in [2.75, 3.05) is 33.7 Å². The van der Waals surface area contributed by atoms with Gasteiger partial charge in [0.15, 0.2) is 32.0 Å². The monoisotopic (exact) mass is 1290 g/mol. The summed E-state index contributed by atoms with van der Waals surface area (Å²) in [5.41, 5.74) is 8.11. The molecule has 94 heavy (non-hydrogen) atoms. The largest absolute Gasteiger partial charge is 0.468 e. The standard InChI is InChI=1S/C20H32O2.C20H26O2.C18H28O2.C14H22O2.C12H18O2/c2*1-4-16(2)19-10-12-20(13-11-19)22-17(3)21-15-14-18-8-6-5-7-9-18;1-4-14(2)16-10-12-18(13-11-16)20-15(3)19-17-8-6-5-7-9-17;1-5-11(3)13-7-9-14(10-8-13)16-12(4)15-6-2;1-4-10(2)11-5-7-12(8-6-11)14-9-13-3/h10-13,16-18H,4-9,14-15H2,1-3H3;5-13,16-17H,4,14-15H2,1-3H3;10-15,17H,4-9H2,1-3H3;7-12H,5-6H2,1-4H3;5-8,10H,4,9H2,1-3H3. The van der Waals surface area contributed by atoms with E-state index in [1.165, 1.54) is 117 Å². The Kier molecular flexibility index (Phi) is 41.1. The van der Waals surface area contributed by atoms with Crippen LogP contribution in [0, 0.1) is 5.92 Å². The van der Waals surface area contributed by atoms with Crippen molar-refractivity contribution in [1.29, 1.82) is 0 Å². The van der Waals surface area contributed by atoms with Crippen molar-refractivity contribution >= 4 is 0 Å². The molecule has 2 aliphatic rings. The SMILES string of the molecule is CCC(C)c1ccc(OC(C)OC2CCCCC2)cc1.CCC(C)c1ccc(OC(C)OCCC2CCCCC2)cc1.CCC(C)c1ccc(OC(C)OCCc2ccccc2)cc1.CCC(C)c1ccc(OCOC)cc1.CCOC(C)Oc1ccc(C(C)CC)cc1. The van der Waals surface area contributed by atoms with Gasteiger partial charge in [0.25, 0.3) is 0 Å². The van der Waals surface area contributed by atoms with E-state index < -0.39 is 0 Å². The Morgan fingerprint density at radius 3 is 1.03 bits per heavy atom. The van der Waals surface area contributed by atoms with E-state index >= 15 is 0 Å². The Hall–Kier alpha value is -5.88. The second-order valence-corrected chi connectivity index (χ2v) is 25.8. The third-order valence-electron chi connectivity index (χ3n) is 18.4. The molecule has 10 heteroatoms. The lowest BCUT2D eigenvalue weighted by Crippen LogP contribution is -2.26. The van der Waals surface area contributed by atoms with Gasteiger partial charge < -0.3 is 47.4 Å². The van der Waals surface area contributed by atoms with Crippen molar-refractivity contribution in [2.24, 2.45) is 5.92 Å². The van der Waals surface area contributed by atoms with Gasteiger partial charge in [-0.25, -0.2) is 0 Å². The zero-order valence-electron chi connectivity index (χ0n) is 61.2. The van der Waals surface area contributed by atoms with Crippen molar-refractivity contribution in [3.05, 3.63) is 185 Å². The number of rotatable bonds is 33. The van der Waals surface area contributed by atoms with Crippen LogP contribution in [0.3, 0.4) is 0 Å². The lowest BCUT2D eigenvalue weighted by atomic mass is 9.87. The summed E-state index contributed by atoms with van der Waals surface area (Å²) in [4.78, 5) is 0. The van der Waals surface area contributed by atoms with Crippen LogP contribution in [-0.4, -0.2) is 65.0 Å². The molecule has 0 N–H and O–H groups in total. The molecule has 0 radical (unpaired) electrons. The maximum Gasteiger partial charge on any atom is 0.197 e. The molecule has 9 atom stereocenters. The van der Waals surface area contributed by atoms with Gasteiger partial charge in [-0.1, -0.05) is 212 Å². The van der Waals surface area contributed by atoms with Crippen LogP contribution in [0.2, 0.25) is 0 Å². The minimum atomic E-state index is -0.238. The fraction of sp³-hybridized carbons (Fsp3) is 0.571. The molecule has 522 valence electrons. The van der Waals surface area contributed by atoms with Gasteiger partial charge in [-0.2, -0.15) is 0 Å². The van der Waals surface area contributed by atoms with E-state index in [2.05, 4.69) is 166 Å². The molecular weight excluding hydrogens is 1170 g/mol. The molecule has 0 aliphatic heterocycles. The van der Waals surface area contributed by atoms with Crippen LogP contribution in [0.4, 0.5) is 0 Å². The normalized spacial score (nSPS) is 16.1. The molecule has 9 unspecified atom stereocenters. The molecule has 0 heterocycles. The highest BCUT2D eigenvalue weighted by Crippen LogP contribution is 2.30. The van der Waals surface area contributed by atoms with E-state index in [0.717, 1.165) is 67.0 Å². The van der Waals surface area contributed by atoms with Crippen LogP contribution < -0.4 is 23.7 Å². The second-order valence-electron chi connectivity index (χ2n) is 25.8. The number of hydrogen-bond acceptors (Lipinski definition) is 10. The number of benzene rings is 6. The summed E-state index contributed by atoms with van der Waals surface area (Å²) in [6.07, 6.45) is 20.8. The lowest BCUT2D eigenvalue weighted by molar-refractivity contribution is -0.116. The van der Waals surface area contributed by atoms with Gasteiger partial charge in [0.2, 0.25) is 0 Å². The Bertz CT molecular complexity index is 2740. The minimum absolute atomic E-state index is 0.160. The first kappa shape index (κ1) is 80.6. The minimum Gasteiger partial charge on any atom is -0.468 e. The van der Waals surface area contributed by atoms with Crippen molar-refractivity contribution < 1.29 is 47.4 Å². The smallest absolute Gasteiger partial charge is 0.197 e. The molecule has 6 aromatic carbocycles. The zero-order valence-corrected chi connectivity index (χ0v) is 61.2. The molecule has 8 rings (SSSR count). The molecule has 10 nitrogen and oxygen atoms in total. The summed E-state index contributed by atoms with van der Waals surface area (Å²) in [6, 6.07) is 52.0. The van der Waals surface area contributed by atoms with E-state index in [1.807, 2.05) is 89.2 Å². The maximum absolute atomic E-state index is 5.97. The van der Waals surface area contributed by atoms with Crippen molar-refractivity contribution in [3.63, 3.8) is 0 Å². The van der Waals surface area contributed by atoms with Gasteiger partial charge >= 0.3 is 0 Å². The number of ether oxygens (including phenoxy) is 10. The summed E-state index contributed by atoms with van der Waals surface area (Å²) in [7, 11) is 1.62. The van der Waals surface area contributed by atoms with Crippen molar-refractivity contribution in [3.8, 4) is 28.7 Å². The average molecular weight is 1300 g/mol. The van der Waals surface area contributed by atoms with Gasteiger partial charge in [-0.15, -0.1) is 0 Å². The second kappa shape index (κ2) is 47.9. The topological polar surface area (TPSA) is 92.3 Å². The fourth-order valence-corrected chi connectivity index (χ4v) is 11.2. The summed E-state index contributed by atoms with van der Waals surface area (Å²) < 4.78 is 56.1. The highest BCUT2D eigenvalue weighted by Gasteiger charge is 2.19. The maximum atomic E-state index is 5.97. The highest BCUT2D eigenvalue weighted by molar-refractivity contribution is 5.33. The van der Waals surface area contributed by atoms with Crippen LogP contribution in [-0.2, 0) is 30.1 Å². The first-order valence-electron chi connectivity index (χ1n) is 36.3. The molecule has 0 aromatic heterocycles. The van der Waals surface area contributed by atoms with Crippen LogP contribution in [0.25, 0.3) is 0 Å². The van der Waals surface area contributed by atoms with E-state index in [9.17, 15) is 0 Å². The molecule has 0 spiro atoms. The zero-order chi connectivity index (χ0) is 68.3. The molecule has 2 saturated carbocycles. The molecule has 0 bridgehead atoms. The van der Waals surface area contributed by atoms with Gasteiger partial charge in [0, 0.05) is 13.7 Å². The van der Waals surface area contributed by atoms with Gasteiger partial charge in [-0.05, 0) is 222 Å². The van der Waals surface area contributed by atoms with Crippen LogP contribution in [0.5, 0.6) is 28.7 Å². The first-order valence-corrected chi connectivity index (χ1v) is 36.3. The Balaban J connectivity index is 0.000000253.